The summed E-state index contributed by atoms with van der Waals surface area (Å²) in [4.78, 5) is 33.3. The summed E-state index contributed by atoms with van der Waals surface area (Å²) in [5, 5.41) is 0. The molecule has 0 fully saturated rings. The van der Waals surface area contributed by atoms with Crippen molar-refractivity contribution in [1.29, 1.82) is 0 Å². The van der Waals surface area contributed by atoms with Crippen LogP contribution in [0.4, 0.5) is 0 Å². The second-order valence-electron chi connectivity index (χ2n) is 10.3. The van der Waals surface area contributed by atoms with E-state index in [1.165, 1.54) is 16.9 Å². The molecule has 0 bridgehead atoms. The molecule has 3 aromatic carbocycles. The molecule has 5 rings (SSSR count). The standard InChI is InChI=1S/C35H36N2O5S/c1-6-40-27-19-14-23(20-28(27)41-7-2)21-29-33(38)37-32(26-17-15-24(16-18-26)22(4)5)30(34(39)42-8-3)31(36-35(37)43-29)25-12-10-9-11-13-25/h9-22,32H,6-8H2,1-5H3/b29-21-/t32-/m1/s1. The van der Waals surface area contributed by atoms with Crippen LogP contribution >= 0.6 is 11.3 Å². The zero-order chi connectivity index (χ0) is 30.5. The summed E-state index contributed by atoms with van der Waals surface area (Å²) >= 11 is 1.29. The number of ether oxygens (including phenoxy) is 3. The molecule has 1 aromatic heterocycles. The third-order valence-electron chi connectivity index (χ3n) is 7.16. The summed E-state index contributed by atoms with van der Waals surface area (Å²) in [5.74, 6) is 1.11. The maximum absolute atomic E-state index is 14.2. The number of rotatable bonds is 10. The van der Waals surface area contributed by atoms with Crippen molar-refractivity contribution in [2.45, 2.75) is 46.6 Å². The van der Waals surface area contributed by atoms with E-state index in [1.807, 2.05) is 80.6 Å². The van der Waals surface area contributed by atoms with Crippen LogP contribution in [0.1, 0.15) is 68.8 Å². The predicted octanol–water partition coefficient (Wildman–Crippen LogP) is 5.86. The SMILES string of the molecule is CCOC(=O)C1=C(c2ccccc2)N=c2s/c(=C\c3ccc(OCC)c(OCC)c3)c(=O)n2[C@@H]1c1ccc(C(C)C)cc1. The van der Waals surface area contributed by atoms with Crippen molar-refractivity contribution < 1.29 is 19.0 Å². The fraction of sp³-hybridized carbons (Fsp3) is 0.286. The molecule has 0 saturated carbocycles. The Morgan fingerprint density at radius 3 is 2.28 bits per heavy atom. The number of fused-ring (bicyclic) bond motifs is 1. The van der Waals surface area contributed by atoms with Crippen LogP contribution in [-0.4, -0.2) is 30.4 Å². The van der Waals surface area contributed by atoms with Crippen LogP contribution in [0, 0.1) is 0 Å². The van der Waals surface area contributed by atoms with E-state index < -0.39 is 12.0 Å². The lowest BCUT2D eigenvalue weighted by molar-refractivity contribution is -0.138. The van der Waals surface area contributed by atoms with Gasteiger partial charge in [0.05, 0.1) is 41.7 Å². The van der Waals surface area contributed by atoms with Gasteiger partial charge in [0.25, 0.3) is 5.56 Å². The molecule has 43 heavy (non-hydrogen) atoms. The predicted molar refractivity (Wildman–Crippen MR) is 170 cm³/mol. The molecule has 0 unspecified atom stereocenters. The fourth-order valence-corrected chi connectivity index (χ4v) is 6.13. The monoisotopic (exact) mass is 596 g/mol. The molecule has 8 heteroatoms. The number of hydrogen-bond donors (Lipinski definition) is 0. The first-order valence-corrected chi connectivity index (χ1v) is 15.5. The Morgan fingerprint density at radius 2 is 1.63 bits per heavy atom. The zero-order valence-corrected chi connectivity index (χ0v) is 25.9. The lowest BCUT2D eigenvalue weighted by Gasteiger charge is -2.26. The molecular formula is C35H36N2O5S. The van der Waals surface area contributed by atoms with Crippen LogP contribution < -0.4 is 24.4 Å². The summed E-state index contributed by atoms with van der Waals surface area (Å²) < 4.78 is 19.2. The van der Waals surface area contributed by atoms with Gasteiger partial charge in [-0.1, -0.05) is 85.8 Å². The van der Waals surface area contributed by atoms with Crippen LogP contribution in [0.25, 0.3) is 11.8 Å². The summed E-state index contributed by atoms with van der Waals surface area (Å²) in [6.45, 7) is 11.1. The summed E-state index contributed by atoms with van der Waals surface area (Å²) in [5.41, 5.74) is 4.16. The molecule has 222 valence electrons. The van der Waals surface area contributed by atoms with E-state index in [-0.39, 0.29) is 12.2 Å². The molecule has 0 aliphatic carbocycles. The van der Waals surface area contributed by atoms with Gasteiger partial charge in [-0.2, -0.15) is 0 Å². The van der Waals surface area contributed by atoms with Crippen molar-refractivity contribution in [2.24, 2.45) is 4.99 Å². The topological polar surface area (TPSA) is 79.1 Å². The highest BCUT2D eigenvalue weighted by Crippen LogP contribution is 2.36. The van der Waals surface area contributed by atoms with Gasteiger partial charge in [0.1, 0.15) is 0 Å². The molecular weight excluding hydrogens is 560 g/mol. The zero-order valence-electron chi connectivity index (χ0n) is 25.1. The van der Waals surface area contributed by atoms with Crippen molar-refractivity contribution >= 4 is 29.1 Å². The first kappa shape index (κ1) is 30.0. The lowest BCUT2D eigenvalue weighted by atomic mass is 9.91. The third kappa shape index (κ3) is 6.20. The smallest absolute Gasteiger partial charge is 0.338 e. The van der Waals surface area contributed by atoms with Gasteiger partial charge < -0.3 is 14.2 Å². The normalized spacial score (nSPS) is 14.8. The van der Waals surface area contributed by atoms with Crippen LogP contribution in [0.5, 0.6) is 11.5 Å². The van der Waals surface area contributed by atoms with Crippen molar-refractivity contribution in [3.8, 4) is 11.5 Å². The third-order valence-corrected chi connectivity index (χ3v) is 8.14. The van der Waals surface area contributed by atoms with Gasteiger partial charge in [-0.05, 0) is 61.6 Å². The molecule has 2 heterocycles. The molecule has 0 amide bonds. The van der Waals surface area contributed by atoms with E-state index >= 15 is 0 Å². The highest BCUT2D eigenvalue weighted by molar-refractivity contribution is 7.07. The second kappa shape index (κ2) is 13.3. The van der Waals surface area contributed by atoms with Crippen molar-refractivity contribution in [3.63, 3.8) is 0 Å². The summed E-state index contributed by atoms with van der Waals surface area (Å²) in [7, 11) is 0. The summed E-state index contributed by atoms with van der Waals surface area (Å²) in [6, 6.07) is 22.6. The van der Waals surface area contributed by atoms with Crippen molar-refractivity contribution in [2.75, 3.05) is 19.8 Å². The minimum atomic E-state index is -0.715. The fourth-order valence-electron chi connectivity index (χ4n) is 5.13. The molecule has 0 N–H and O–H groups in total. The number of hydrogen-bond acceptors (Lipinski definition) is 7. The number of aromatic nitrogens is 1. The number of thiazole rings is 1. The quantitative estimate of drug-likeness (QED) is 0.215. The van der Waals surface area contributed by atoms with Gasteiger partial charge in [-0.15, -0.1) is 0 Å². The van der Waals surface area contributed by atoms with E-state index in [2.05, 4.69) is 26.0 Å². The van der Waals surface area contributed by atoms with Gasteiger partial charge in [-0.3, -0.25) is 9.36 Å². The van der Waals surface area contributed by atoms with Crippen LogP contribution in [0.2, 0.25) is 0 Å². The minimum absolute atomic E-state index is 0.202. The molecule has 0 saturated heterocycles. The maximum atomic E-state index is 14.2. The van der Waals surface area contributed by atoms with Gasteiger partial charge >= 0.3 is 5.97 Å². The number of carbonyl (C=O) groups excluding carboxylic acids is 1. The average molecular weight is 597 g/mol. The minimum Gasteiger partial charge on any atom is -0.490 e. The Morgan fingerprint density at radius 1 is 0.930 bits per heavy atom. The first-order chi connectivity index (χ1) is 20.9. The Labute approximate surface area is 255 Å². The maximum Gasteiger partial charge on any atom is 0.338 e. The Hall–Kier alpha value is -4.43. The molecule has 0 radical (unpaired) electrons. The van der Waals surface area contributed by atoms with Crippen LogP contribution in [0.3, 0.4) is 0 Å². The molecule has 1 aliphatic heterocycles. The number of esters is 1. The van der Waals surface area contributed by atoms with E-state index in [9.17, 15) is 9.59 Å². The van der Waals surface area contributed by atoms with Crippen molar-refractivity contribution in [3.05, 3.63) is 120 Å². The van der Waals surface area contributed by atoms with E-state index in [0.29, 0.717) is 51.2 Å². The average Bonchev–Trinajstić information content (AvgIpc) is 3.32. The number of carbonyl (C=O) groups is 1. The van der Waals surface area contributed by atoms with E-state index in [1.54, 1.807) is 11.5 Å². The summed E-state index contributed by atoms with van der Waals surface area (Å²) in [6.07, 6.45) is 1.83. The lowest BCUT2D eigenvalue weighted by Crippen LogP contribution is -2.40. The molecule has 1 atom stereocenters. The molecule has 0 spiro atoms. The Balaban J connectivity index is 1.76. The van der Waals surface area contributed by atoms with Crippen LogP contribution in [-0.2, 0) is 9.53 Å². The van der Waals surface area contributed by atoms with Crippen LogP contribution in [0.15, 0.2) is 88.2 Å². The van der Waals surface area contributed by atoms with Gasteiger partial charge in [0.2, 0.25) is 0 Å². The molecule has 7 nitrogen and oxygen atoms in total. The highest BCUT2D eigenvalue weighted by Gasteiger charge is 2.35. The van der Waals surface area contributed by atoms with E-state index in [0.717, 1.165) is 16.7 Å². The Kier molecular flexibility index (Phi) is 9.26. The first-order valence-electron chi connectivity index (χ1n) is 14.6. The van der Waals surface area contributed by atoms with Crippen molar-refractivity contribution in [1.82, 2.24) is 4.57 Å². The largest absolute Gasteiger partial charge is 0.490 e. The Bertz CT molecular complexity index is 1820. The number of nitrogens with zero attached hydrogens (tertiary/aromatic N) is 2. The van der Waals surface area contributed by atoms with Gasteiger partial charge in [-0.25, -0.2) is 9.79 Å². The molecule has 4 aromatic rings. The highest BCUT2D eigenvalue weighted by atomic mass is 32.1. The van der Waals surface area contributed by atoms with Gasteiger partial charge in [0, 0.05) is 5.56 Å². The van der Waals surface area contributed by atoms with Gasteiger partial charge in [0.15, 0.2) is 16.3 Å². The second-order valence-corrected chi connectivity index (χ2v) is 11.3. The molecule has 1 aliphatic rings. The van der Waals surface area contributed by atoms with E-state index in [4.69, 9.17) is 19.2 Å². The number of benzene rings is 3.